The zero-order valence-electron chi connectivity index (χ0n) is 17.7. The van der Waals surface area contributed by atoms with E-state index in [2.05, 4.69) is 4.72 Å². The van der Waals surface area contributed by atoms with Gasteiger partial charge in [-0.1, -0.05) is 0 Å². The van der Waals surface area contributed by atoms with E-state index in [-0.39, 0.29) is 56.6 Å². The molecule has 2 aliphatic heterocycles. The topological polar surface area (TPSA) is 108 Å². The second kappa shape index (κ2) is 9.03. The number of ether oxygens (including phenoxy) is 2. The largest absolute Gasteiger partial charge is 0.373 e. The van der Waals surface area contributed by atoms with E-state index < -0.39 is 20.4 Å². The lowest BCUT2D eigenvalue weighted by atomic mass is 10.3. The van der Waals surface area contributed by atoms with Crippen molar-refractivity contribution in [3.63, 3.8) is 0 Å². The first-order valence-corrected chi connectivity index (χ1v) is 13.2. The van der Waals surface area contributed by atoms with E-state index >= 15 is 0 Å². The van der Waals surface area contributed by atoms with Crippen molar-refractivity contribution in [1.82, 2.24) is 17.6 Å². The smallest absolute Gasteiger partial charge is 0.282 e. The molecule has 2 heterocycles. The molecule has 0 aromatic heterocycles. The van der Waals surface area contributed by atoms with E-state index in [4.69, 9.17) is 9.47 Å². The molecule has 0 aromatic carbocycles. The molecule has 1 aliphatic carbocycles. The van der Waals surface area contributed by atoms with Crippen LogP contribution in [0.25, 0.3) is 0 Å². The Morgan fingerprint density at radius 1 is 0.828 bits per heavy atom. The van der Waals surface area contributed by atoms with Gasteiger partial charge in [-0.05, 0) is 40.5 Å². The van der Waals surface area contributed by atoms with Gasteiger partial charge in [-0.2, -0.15) is 29.8 Å². The Morgan fingerprint density at radius 2 is 1.28 bits per heavy atom. The van der Waals surface area contributed by atoms with E-state index in [1.54, 1.807) is 0 Å². The number of nitrogens with zero attached hydrogens (tertiary/aromatic N) is 3. The Labute approximate surface area is 174 Å². The van der Waals surface area contributed by atoms with Gasteiger partial charge in [-0.25, -0.2) is 4.72 Å². The first-order valence-electron chi connectivity index (χ1n) is 10.3. The number of morpholine rings is 2. The van der Waals surface area contributed by atoms with Gasteiger partial charge < -0.3 is 9.47 Å². The highest BCUT2D eigenvalue weighted by Crippen LogP contribution is 2.31. The van der Waals surface area contributed by atoms with Crippen molar-refractivity contribution in [2.45, 2.75) is 71.0 Å². The van der Waals surface area contributed by atoms with Gasteiger partial charge in [0.15, 0.2) is 0 Å². The van der Waals surface area contributed by atoms with Gasteiger partial charge in [0.05, 0.1) is 24.4 Å². The van der Waals surface area contributed by atoms with Crippen molar-refractivity contribution >= 4 is 20.4 Å². The minimum Gasteiger partial charge on any atom is -0.373 e. The molecule has 0 amide bonds. The summed E-state index contributed by atoms with van der Waals surface area (Å²) < 4.78 is 69.8. The van der Waals surface area contributed by atoms with Crippen molar-refractivity contribution in [3.05, 3.63) is 0 Å². The second-order valence-corrected chi connectivity index (χ2v) is 12.0. The summed E-state index contributed by atoms with van der Waals surface area (Å²) in [6.45, 7) is 8.73. The van der Waals surface area contributed by atoms with Crippen LogP contribution in [-0.4, -0.2) is 99.5 Å². The van der Waals surface area contributed by atoms with Gasteiger partial charge in [0.2, 0.25) is 0 Å². The number of hydrogen-bond acceptors (Lipinski definition) is 6. The maximum Gasteiger partial charge on any atom is 0.282 e. The van der Waals surface area contributed by atoms with E-state index in [0.29, 0.717) is 13.1 Å². The molecule has 10 nitrogen and oxygen atoms in total. The number of hydrogen-bond donors (Lipinski definition) is 1. The summed E-state index contributed by atoms with van der Waals surface area (Å²) in [5.41, 5.74) is 0. The van der Waals surface area contributed by atoms with E-state index in [0.717, 1.165) is 12.8 Å². The van der Waals surface area contributed by atoms with Crippen molar-refractivity contribution in [1.29, 1.82) is 0 Å². The average Bonchev–Trinajstić information content (AvgIpc) is 3.41. The molecule has 1 N–H and O–H groups in total. The molecule has 0 spiro atoms. The Morgan fingerprint density at radius 3 is 1.72 bits per heavy atom. The second-order valence-electron chi connectivity index (χ2n) is 8.40. The molecule has 0 bridgehead atoms. The van der Waals surface area contributed by atoms with Crippen LogP contribution in [0.4, 0.5) is 0 Å². The SMILES string of the molecule is CC1CN(S(=O)(=O)NCCN(C2CC2)S(=O)(=O)N2CC(C)OC(C)C2)CC(C)O1. The third kappa shape index (κ3) is 5.88. The summed E-state index contributed by atoms with van der Waals surface area (Å²) in [5.74, 6) is 0. The molecule has 1 saturated carbocycles. The normalized spacial score (nSPS) is 33.3. The first kappa shape index (κ1) is 23.3. The summed E-state index contributed by atoms with van der Waals surface area (Å²) in [6.07, 6.45) is 0.921. The van der Waals surface area contributed by atoms with Crippen LogP contribution in [0.15, 0.2) is 0 Å². The van der Waals surface area contributed by atoms with Gasteiger partial charge in [0, 0.05) is 45.3 Å². The first-order chi connectivity index (χ1) is 13.5. The van der Waals surface area contributed by atoms with Crippen LogP contribution in [0.2, 0.25) is 0 Å². The van der Waals surface area contributed by atoms with Crippen molar-refractivity contribution in [2.75, 3.05) is 39.3 Å². The number of nitrogens with one attached hydrogen (secondary N) is 1. The average molecular weight is 455 g/mol. The zero-order valence-corrected chi connectivity index (χ0v) is 19.3. The molecular formula is C17H34N4O6S2. The summed E-state index contributed by atoms with van der Waals surface area (Å²) in [7, 11) is -7.36. The third-order valence-electron chi connectivity index (χ3n) is 5.31. The molecule has 4 atom stereocenters. The number of rotatable bonds is 8. The van der Waals surface area contributed by atoms with E-state index in [9.17, 15) is 16.8 Å². The third-order valence-corrected chi connectivity index (χ3v) is 8.88. The van der Waals surface area contributed by atoms with Gasteiger partial charge >= 0.3 is 0 Å². The summed E-state index contributed by atoms with van der Waals surface area (Å²) >= 11 is 0. The minimum absolute atomic E-state index is 0.0353. The van der Waals surface area contributed by atoms with Crippen LogP contribution in [0.5, 0.6) is 0 Å². The highest BCUT2D eigenvalue weighted by atomic mass is 32.2. The van der Waals surface area contributed by atoms with Crippen molar-refractivity contribution in [3.8, 4) is 0 Å². The molecule has 0 radical (unpaired) electrons. The molecule has 4 unspecified atom stereocenters. The van der Waals surface area contributed by atoms with Crippen LogP contribution >= 0.6 is 0 Å². The fourth-order valence-corrected chi connectivity index (χ4v) is 7.37. The highest BCUT2D eigenvalue weighted by Gasteiger charge is 2.42. The Bertz CT molecular complexity index is 753. The molecular weight excluding hydrogens is 420 g/mol. The molecule has 29 heavy (non-hydrogen) atoms. The molecule has 3 rings (SSSR count). The van der Waals surface area contributed by atoms with Crippen LogP contribution < -0.4 is 4.72 Å². The fourth-order valence-electron chi connectivity index (χ4n) is 4.02. The molecule has 2 saturated heterocycles. The summed E-state index contributed by atoms with van der Waals surface area (Å²) in [6, 6.07) is -0.0543. The van der Waals surface area contributed by atoms with E-state index in [1.165, 1.54) is 12.9 Å². The van der Waals surface area contributed by atoms with Gasteiger partial charge in [0.1, 0.15) is 0 Å². The lowest BCUT2D eigenvalue weighted by Crippen LogP contribution is -2.55. The van der Waals surface area contributed by atoms with Crippen LogP contribution in [0, 0.1) is 0 Å². The Balaban J connectivity index is 1.61. The lowest BCUT2D eigenvalue weighted by molar-refractivity contribution is -0.0456. The summed E-state index contributed by atoms with van der Waals surface area (Å²) in [4.78, 5) is 0. The van der Waals surface area contributed by atoms with Gasteiger partial charge in [-0.3, -0.25) is 0 Å². The van der Waals surface area contributed by atoms with Gasteiger partial charge in [0.25, 0.3) is 20.4 Å². The zero-order chi connectivity index (χ0) is 21.4. The standard InChI is InChI=1S/C17H34N4O6S2/c1-13-9-19(10-14(2)26-13)28(22,23)18-7-8-21(17-5-6-17)29(24,25)20-11-15(3)27-16(4)12-20/h13-18H,5-12H2,1-4H3. The minimum atomic E-state index is -3.69. The molecule has 12 heteroatoms. The quantitative estimate of drug-likeness (QED) is 0.542. The maximum absolute atomic E-state index is 13.2. The van der Waals surface area contributed by atoms with Crippen LogP contribution in [0.3, 0.4) is 0 Å². The molecule has 0 aromatic rings. The maximum atomic E-state index is 13.2. The monoisotopic (exact) mass is 454 g/mol. The van der Waals surface area contributed by atoms with Gasteiger partial charge in [-0.15, -0.1) is 0 Å². The predicted octanol–water partition coefficient (Wildman–Crippen LogP) is -0.252. The van der Waals surface area contributed by atoms with E-state index in [1.807, 2.05) is 27.7 Å². The van der Waals surface area contributed by atoms with Crippen molar-refractivity contribution < 1.29 is 26.3 Å². The Hall–Kier alpha value is -0.340. The molecule has 3 aliphatic rings. The fraction of sp³-hybridized carbons (Fsp3) is 1.00. The highest BCUT2D eigenvalue weighted by molar-refractivity contribution is 7.87. The Kier molecular flexibility index (Phi) is 7.26. The van der Waals surface area contributed by atoms with Crippen molar-refractivity contribution in [2.24, 2.45) is 0 Å². The van der Waals surface area contributed by atoms with Crippen LogP contribution in [-0.2, 0) is 29.9 Å². The predicted molar refractivity (Wildman–Crippen MR) is 109 cm³/mol. The van der Waals surface area contributed by atoms with Crippen LogP contribution in [0.1, 0.15) is 40.5 Å². The lowest BCUT2D eigenvalue weighted by Gasteiger charge is -2.37. The molecule has 170 valence electrons. The molecule has 3 fully saturated rings. The summed E-state index contributed by atoms with van der Waals surface area (Å²) in [5, 5.41) is 0.